The van der Waals surface area contributed by atoms with Crippen molar-refractivity contribution < 1.29 is 0 Å². The molecule has 0 radical (unpaired) electrons. The van der Waals surface area contributed by atoms with Gasteiger partial charge < -0.3 is 4.57 Å². The van der Waals surface area contributed by atoms with Gasteiger partial charge in [0.05, 0.1) is 23.1 Å². The molecule has 0 bridgehead atoms. The maximum Gasteiger partial charge on any atom is 0.177 e. The summed E-state index contributed by atoms with van der Waals surface area (Å²) in [7, 11) is 0. The van der Waals surface area contributed by atoms with E-state index in [0.29, 0.717) is 0 Å². The van der Waals surface area contributed by atoms with Crippen LogP contribution in [0.1, 0.15) is 10.7 Å². The number of fused-ring (bicyclic) bond motifs is 1. The molecule has 0 saturated carbocycles. The third kappa shape index (κ3) is 1.96. The first-order chi connectivity index (χ1) is 8.24. The maximum absolute atomic E-state index is 4.43. The van der Waals surface area contributed by atoms with Crippen LogP contribution < -0.4 is 0 Å². The highest BCUT2D eigenvalue weighted by Crippen LogP contribution is 2.20. The lowest BCUT2D eigenvalue weighted by Gasteiger charge is -2.03. The van der Waals surface area contributed by atoms with Crippen LogP contribution in [0.4, 0.5) is 0 Å². The Morgan fingerprint density at radius 1 is 1.41 bits per heavy atom. The van der Waals surface area contributed by atoms with Gasteiger partial charge >= 0.3 is 0 Å². The molecule has 3 heterocycles. The first-order valence-electron chi connectivity index (χ1n) is 4.98. The zero-order valence-electron chi connectivity index (χ0n) is 8.96. The molecule has 3 aromatic rings. The predicted octanol–water partition coefficient (Wildman–Crippen LogP) is 2.40. The Morgan fingerprint density at radius 2 is 2.29 bits per heavy atom. The van der Waals surface area contributed by atoms with E-state index < -0.39 is 0 Å². The lowest BCUT2D eigenvalue weighted by molar-refractivity contribution is 0.795. The van der Waals surface area contributed by atoms with Crippen molar-refractivity contribution in [1.82, 2.24) is 24.1 Å². The van der Waals surface area contributed by atoms with Crippen molar-refractivity contribution in [2.24, 2.45) is 0 Å². The summed E-state index contributed by atoms with van der Waals surface area (Å²) < 4.78 is 6.93. The molecule has 0 spiro atoms. The van der Waals surface area contributed by atoms with E-state index in [2.05, 4.69) is 40.1 Å². The Hall–Kier alpha value is -1.34. The van der Waals surface area contributed by atoms with Gasteiger partial charge in [-0.15, -0.1) is 5.10 Å². The van der Waals surface area contributed by atoms with Crippen molar-refractivity contribution in [1.29, 1.82) is 0 Å². The topological polar surface area (TPSA) is 56.5 Å². The molecule has 5 nitrogen and oxygen atoms in total. The highest BCUT2D eigenvalue weighted by atomic mass is 79.9. The first kappa shape index (κ1) is 10.8. The van der Waals surface area contributed by atoms with Crippen LogP contribution in [0.3, 0.4) is 0 Å². The van der Waals surface area contributed by atoms with E-state index in [1.54, 1.807) is 12.4 Å². The van der Waals surface area contributed by atoms with E-state index in [4.69, 9.17) is 0 Å². The number of nitrogens with zero attached hydrogens (tertiary/aromatic N) is 5. The molecular formula is C10H8BrN5S. The van der Waals surface area contributed by atoms with Gasteiger partial charge in [0, 0.05) is 10.7 Å². The maximum atomic E-state index is 4.43. The van der Waals surface area contributed by atoms with Crippen LogP contribution in [0.15, 0.2) is 22.9 Å². The Kier molecular flexibility index (Phi) is 2.64. The summed E-state index contributed by atoms with van der Waals surface area (Å²) in [5.41, 5.74) is 1.79. The largest absolute Gasteiger partial charge is 0.321 e. The zero-order chi connectivity index (χ0) is 11.8. The van der Waals surface area contributed by atoms with Crippen LogP contribution in [-0.2, 0) is 6.54 Å². The average Bonchev–Trinajstić information content (AvgIpc) is 2.90. The Labute approximate surface area is 110 Å². The quantitative estimate of drug-likeness (QED) is 0.729. The molecule has 86 valence electrons. The van der Waals surface area contributed by atoms with Crippen molar-refractivity contribution in [3.8, 4) is 0 Å². The van der Waals surface area contributed by atoms with Gasteiger partial charge in [0.2, 0.25) is 0 Å². The fourth-order valence-electron chi connectivity index (χ4n) is 1.71. The number of aryl methyl sites for hydroxylation is 1. The fourth-order valence-corrected chi connectivity index (χ4v) is 2.51. The number of aromatic nitrogens is 5. The number of halogens is 1. The van der Waals surface area contributed by atoms with Gasteiger partial charge in [-0.05, 0) is 40.5 Å². The van der Waals surface area contributed by atoms with Crippen molar-refractivity contribution in [3.63, 3.8) is 0 Å². The lowest BCUT2D eigenvalue weighted by Crippen LogP contribution is -2.00. The second kappa shape index (κ2) is 4.15. The Morgan fingerprint density at radius 3 is 3.06 bits per heavy atom. The molecule has 0 aromatic carbocycles. The van der Waals surface area contributed by atoms with E-state index in [-0.39, 0.29) is 0 Å². The van der Waals surface area contributed by atoms with Gasteiger partial charge in [0.1, 0.15) is 5.82 Å². The van der Waals surface area contributed by atoms with Crippen LogP contribution in [0.25, 0.3) is 11.2 Å². The number of hydrogen-bond acceptors (Lipinski definition) is 5. The van der Waals surface area contributed by atoms with Gasteiger partial charge in [-0.3, -0.25) is 0 Å². The number of pyridine rings is 1. The highest BCUT2D eigenvalue weighted by molar-refractivity contribution is 9.10. The van der Waals surface area contributed by atoms with E-state index in [9.17, 15) is 0 Å². The van der Waals surface area contributed by atoms with E-state index in [0.717, 1.165) is 32.9 Å². The minimum absolute atomic E-state index is 0.734. The zero-order valence-corrected chi connectivity index (χ0v) is 11.4. The minimum atomic E-state index is 0.734. The van der Waals surface area contributed by atoms with E-state index in [1.807, 2.05) is 13.0 Å². The normalized spacial score (nSPS) is 11.2. The number of rotatable bonds is 2. The van der Waals surface area contributed by atoms with Gasteiger partial charge in [-0.1, -0.05) is 4.49 Å². The van der Waals surface area contributed by atoms with Gasteiger partial charge in [-0.2, -0.15) is 0 Å². The molecule has 0 amide bonds. The predicted molar refractivity (Wildman–Crippen MR) is 69.0 cm³/mol. The summed E-state index contributed by atoms with van der Waals surface area (Å²) in [5, 5.41) is 3.84. The monoisotopic (exact) mass is 309 g/mol. The van der Waals surface area contributed by atoms with Crippen LogP contribution in [0.5, 0.6) is 0 Å². The second-order valence-corrected chi connectivity index (χ2v) is 5.41. The van der Waals surface area contributed by atoms with Gasteiger partial charge in [-0.25, -0.2) is 9.97 Å². The van der Waals surface area contributed by atoms with Crippen molar-refractivity contribution >= 4 is 38.6 Å². The molecule has 0 aliphatic heterocycles. The first-order valence-corrected chi connectivity index (χ1v) is 6.55. The highest BCUT2D eigenvalue weighted by Gasteiger charge is 2.10. The average molecular weight is 310 g/mol. The van der Waals surface area contributed by atoms with Crippen LogP contribution in [0.2, 0.25) is 0 Å². The van der Waals surface area contributed by atoms with E-state index >= 15 is 0 Å². The van der Waals surface area contributed by atoms with Crippen LogP contribution >= 0.6 is 27.5 Å². The molecular weight excluding hydrogens is 302 g/mol. The molecule has 0 atom stereocenters. The summed E-state index contributed by atoms with van der Waals surface area (Å²) in [6, 6.07) is 2.02. The number of hydrogen-bond donors (Lipinski definition) is 0. The van der Waals surface area contributed by atoms with Gasteiger partial charge in [0.25, 0.3) is 0 Å². The molecule has 3 aromatic heterocycles. The van der Waals surface area contributed by atoms with Crippen LogP contribution in [0, 0.1) is 6.92 Å². The molecule has 0 unspecified atom stereocenters. The summed E-state index contributed by atoms with van der Waals surface area (Å²) in [6.45, 7) is 2.71. The molecule has 3 rings (SSSR count). The van der Waals surface area contributed by atoms with Crippen molar-refractivity contribution in [3.05, 3.63) is 33.6 Å². The summed E-state index contributed by atoms with van der Waals surface area (Å²) >= 11 is 4.83. The summed E-state index contributed by atoms with van der Waals surface area (Å²) in [6.07, 6.45) is 3.54. The van der Waals surface area contributed by atoms with E-state index in [1.165, 1.54) is 11.5 Å². The SMILES string of the molecule is Cc1nc2ncc(Br)cc2n1Cc1cnns1. The fraction of sp³-hybridized carbons (Fsp3) is 0.200. The molecule has 0 saturated heterocycles. The third-order valence-electron chi connectivity index (χ3n) is 2.48. The Balaban J connectivity index is 2.14. The van der Waals surface area contributed by atoms with Crippen molar-refractivity contribution in [2.45, 2.75) is 13.5 Å². The molecule has 0 aliphatic carbocycles. The molecule has 0 aliphatic rings. The lowest BCUT2D eigenvalue weighted by atomic mass is 10.4. The summed E-state index contributed by atoms with van der Waals surface area (Å²) in [4.78, 5) is 9.82. The molecule has 0 fully saturated rings. The molecule has 0 N–H and O–H groups in total. The smallest absolute Gasteiger partial charge is 0.177 e. The standard InChI is InChI=1S/C10H8BrN5S/c1-6-14-10-9(2-7(11)3-12-10)16(6)5-8-4-13-15-17-8/h2-4H,5H2,1H3. The molecule has 7 heteroatoms. The summed E-state index contributed by atoms with van der Waals surface area (Å²) in [5.74, 6) is 0.944. The molecule has 17 heavy (non-hydrogen) atoms. The minimum Gasteiger partial charge on any atom is -0.321 e. The van der Waals surface area contributed by atoms with Crippen LogP contribution in [-0.4, -0.2) is 24.1 Å². The second-order valence-electron chi connectivity index (χ2n) is 3.63. The van der Waals surface area contributed by atoms with Crippen molar-refractivity contribution in [2.75, 3.05) is 0 Å². The van der Waals surface area contributed by atoms with Gasteiger partial charge in [0.15, 0.2) is 5.65 Å². The third-order valence-corrected chi connectivity index (χ3v) is 3.56. The number of imidazole rings is 1. The Bertz CT molecular complexity index is 661.